The third-order valence-electron chi connectivity index (χ3n) is 2.88. The lowest BCUT2D eigenvalue weighted by atomic mass is 10.3. The lowest BCUT2D eigenvalue weighted by Crippen LogP contribution is -2.29. The molecule has 102 valence electrons. The summed E-state index contributed by atoms with van der Waals surface area (Å²) in [7, 11) is 3.39. The van der Waals surface area contributed by atoms with Gasteiger partial charge in [-0.05, 0) is 18.6 Å². The Balaban J connectivity index is 2.23. The fourth-order valence-electron chi connectivity index (χ4n) is 1.89. The lowest BCUT2D eigenvalue weighted by Gasteiger charge is -2.16. The van der Waals surface area contributed by atoms with Crippen LogP contribution in [0.15, 0.2) is 24.4 Å². The van der Waals surface area contributed by atoms with Gasteiger partial charge in [0.25, 0.3) is 5.91 Å². The van der Waals surface area contributed by atoms with E-state index in [9.17, 15) is 4.79 Å². The predicted molar refractivity (Wildman–Crippen MR) is 73.7 cm³/mol. The van der Waals surface area contributed by atoms with Crippen LogP contribution in [-0.4, -0.2) is 47.5 Å². The minimum Gasteiger partial charge on any atom is -0.385 e. The normalized spacial score (nSPS) is 10.9. The zero-order valence-corrected chi connectivity index (χ0v) is 11.7. The molecule has 2 heterocycles. The molecule has 0 saturated carbocycles. The van der Waals surface area contributed by atoms with Crippen LogP contribution >= 0.6 is 11.6 Å². The van der Waals surface area contributed by atoms with Gasteiger partial charge in [0.2, 0.25) is 0 Å². The quantitative estimate of drug-likeness (QED) is 0.789. The number of nitrogens with zero attached hydrogens (tertiary/aromatic N) is 3. The summed E-state index contributed by atoms with van der Waals surface area (Å²) in [5.41, 5.74) is 1.07. The first-order chi connectivity index (χ1) is 9.15. The summed E-state index contributed by atoms with van der Waals surface area (Å²) in [4.78, 5) is 18.2. The topological polar surface area (TPSA) is 46.8 Å². The van der Waals surface area contributed by atoms with Crippen molar-refractivity contribution in [3.8, 4) is 0 Å². The van der Waals surface area contributed by atoms with Gasteiger partial charge in [0.05, 0.1) is 0 Å². The molecule has 0 aromatic carbocycles. The average Bonchev–Trinajstić information content (AvgIpc) is 2.74. The maximum Gasteiger partial charge on any atom is 0.273 e. The van der Waals surface area contributed by atoms with Crippen LogP contribution in [-0.2, 0) is 4.74 Å². The van der Waals surface area contributed by atoms with Crippen LogP contribution in [0.2, 0.25) is 5.15 Å². The molecule has 0 bridgehead atoms. The SMILES string of the molecule is COCCCN(C)C(=O)c1c(Cl)nc2ccccn12. The average molecular weight is 282 g/mol. The van der Waals surface area contributed by atoms with E-state index in [2.05, 4.69) is 4.98 Å². The molecule has 0 atom stereocenters. The second kappa shape index (κ2) is 6.04. The number of rotatable bonds is 5. The molecule has 5 nitrogen and oxygen atoms in total. The van der Waals surface area contributed by atoms with Crippen molar-refractivity contribution in [3.05, 3.63) is 35.2 Å². The van der Waals surface area contributed by atoms with Gasteiger partial charge in [-0.25, -0.2) is 4.98 Å². The first-order valence-corrected chi connectivity index (χ1v) is 6.40. The van der Waals surface area contributed by atoms with Crippen LogP contribution in [0.1, 0.15) is 16.9 Å². The monoisotopic (exact) mass is 281 g/mol. The Hall–Kier alpha value is -1.59. The van der Waals surface area contributed by atoms with Gasteiger partial charge in [0.1, 0.15) is 5.65 Å². The number of fused-ring (bicyclic) bond motifs is 1. The van der Waals surface area contributed by atoms with Gasteiger partial charge in [-0.15, -0.1) is 0 Å². The van der Waals surface area contributed by atoms with E-state index in [0.717, 1.165) is 6.42 Å². The smallest absolute Gasteiger partial charge is 0.273 e. The zero-order valence-electron chi connectivity index (χ0n) is 11.0. The summed E-state index contributed by atoms with van der Waals surface area (Å²) in [6.07, 6.45) is 2.57. The van der Waals surface area contributed by atoms with Crippen molar-refractivity contribution in [2.75, 3.05) is 27.3 Å². The minimum absolute atomic E-state index is 0.139. The van der Waals surface area contributed by atoms with Crippen molar-refractivity contribution in [1.82, 2.24) is 14.3 Å². The van der Waals surface area contributed by atoms with E-state index in [4.69, 9.17) is 16.3 Å². The van der Waals surface area contributed by atoms with Crippen LogP contribution in [0, 0.1) is 0 Å². The van der Waals surface area contributed by atoms with E-state index >= 15 is 0 Å². The summed E-state index contributed by atoms with van der Waals surface area (Å²) in [5.74, 6) is -0.139. The van der Waals surface area contributed by atoms with Crippen LogP contribution in [0.25, 0.3) is 5.65 Å². The molecule has 0 aliphatic rings. The third kappa shape index (κ3) is 2.88. The van der Waals surface area contributed by atoms with Crippen molar-refractivity contribution in [3.63, 3.8) is 0 Å². The Kier molecular flexibility index (Phi) is 4.39. The van der Waals surface area contributed by atoms with E-state index in [-0.39, 0.29) is 11.1 Å². The van der Waals surface area contributed by atoms with Gasteiger partial charge in [-0.3, -0.25) is 9.20 Å². The molecule has 0 aliphatic carbocycles. The number of carbonyl (C=O) groups excluding carboxylic acids is 1. The van der Waals surface area contributed by atoms with Crippen LogP contribution < -0.4 is 0 Å². The molecule has 0 aliphatic heterocycles. The van der Waals surface area contributed by atoms with Crippen LogP contribution in [0.4, 0.5) is 0 Å². The van der Waals surface area contributed by atoms with E-state index < -0.39 is 0 Å². The summed E-state index contributed by atoms with van der Waals surface area (Å²) in [6.45, 7) is 1.24. The van der Waals surface area contributed by atoms with Crippen LogP contribution in [0.3, 0.4) is 0 Å². The fraction of sp³-hybridized carbons (Fsp3) is 0.385. The molecular weight excluding hydrogens is 266 g/mol. The molecule has 2 aromatic heterocycles. The Morgan fingerprint density at radius 1 is 1.53 bits per heavy atom. The zero-order chi connectivity index (χ0) is 13.8. The predicted octanol–water partition coefficient (Wildman–Crippen LogP) is 2.10. The van der Waals surface area contributed by atoms with Crippen molar-refractivity contribution in [2.24, 2.45) is 0 Å². The molecule has 0 unspecified atom stereocenters. The highest BCUT2D eigenvalue weighted by Gasteiger charge is 2.20. The van der Waals surface area contributed by atoms with Crippen molar-refractivity contribution in [2.45, 2.75) is 6.42 Å². The Bertz CT molecular complexity index is 582. The maximum atomic E-state index is 12.4. The molecule has 1 amide bonds. The number of aromatic nitrogens is 2. The number of pyridine rings is 1. The molecule has 2 aromatic rings. The van der Waals surface area contributed by atoms with E-state index in [1.165, 1.54) is 0 Å². The fourth-order valence-corrected chi connectivity index (χ4v) is 2.15. The molecule has 0 radical (unpaired) electrons. The molecule has 0 fully saturated rings. The number of imidazole rings is 1. The summed E-state index contributed by atoms with van der Waals surface area (Å²) in [5, 5.41) is 0.231. The van der Waals surface area contributed by atoms with Crippen molar-refractivity contribution < 1.29 is 9.53 Å². The van der Waals surface area contributed by atoms with Crippen molar-refractivity contribution in [1.29, 1.82) is 0 Å². The van der Waals surface area contributed by atoms with Gasteiger partial charge >= 0.3 is 0 Å². The highest BCUT2D eigenvalue weighted by atomic mass is 35.5. The molecule has 2 rings (SSSR count). The maximum absolute atomic E-state index is 12.4. The number of methoxy groups -OCH3 is 1. The summed E-state index contributed by atoms with van der Waals surface area (Å²) >= 11 is 6.06. The van der Waals surface area contributed by atoms with E-state index in [1.807, 2.05) is 18.2 Å². The molecular formula is C13H16ClN3O2. The van der Waals surface area contributed by atoms with Gasteiger partial charge in [-0.1, -0.05) is 17.7 Å². The number of amides is 1. The molecule has 6 heteroatoms. The van der Waals surface area contributed by atoms with Gasteiger partial charge in [0, 0.05) is 33.5 Å². The number of carbonyl (C=O) groups is 1. The standard InChI is InChI=1S/C13H16ClN3O2/c1-16(7-5-9-19-2)13(18)11-12(14)15-10-6-3-4-8-17(10)11/h3-4,6,8H,5,7,9H2,1-2H3. The highest BCUT2D eigenvalue weighted by Crippen LogP contribution is 2.19. The number of hydrogen-bond donors (Lipinski definition) is 0. The number of hydrogen-bond acceptors (Lipinski definition) is 3. The van der Waals surface area contributed by atoms with Crippen LogP contribution in [0.5, 0.6) is 0 Å². The second-order valence-corrected chi connectivity index (χ2v) is 4.61. The van der Waals surface area contributed by atoms with Gasteiger partial charge in [0.15, 0.2) is 10.8 Å². The van der Waals surface area contributed by atoms with E-state index in [1.54, 1.807) is 29.7 Å². The Morgan fingerprint density at radius 3 is 3.05 bits per heavy atom. The van der Waals surface area contributed by atoms with Crippen molar-refractivity contribution >= 4 is 23.2 Å². The third-order valence-corrected chi connectivity index (χ3v) is 3.14. The molecule has 19 heavy (non-hydrogen) atoms. The second-order valence-electron chi connectivity index (χ2n) is 4.25. The lowest BCUT2D eigenvalue weighted by molar-refractivity contribution is 0.0773. The van der Waals surface area contributed by atoms with Gasteiger partial charge < -0.3 is 9.64 Å². The number of halogens is 1. The first-order valence-electron chi connectivity index (χ1n) is 6.02. The highest BCUT2D eigenvalue weighted by molar-refractivity contribution is 6.32. The minimum atomic E-state index is -0.139. The van der Waals surface area contributed by atoms with E-state index in [0.29, 0.717) is 24.5 Å². The largest absolute Gasteiger partial charge is 0.385 e. The first kappa shape index (κ1) is 13.8. The summed E-state index contributed by atoms with van der Waals surface area (Å²) in [6, 6.07) is 5.51. The van der Waals surface area contributed by atoms with Gasteiger partial charge in [-0.2, -0.15) is 0 Å². The summed E-state index contributed by atoms with van der Waals surface area (Å²) < 4.78 is 6.68. The molecule has 0 spiro atoms. The Labute approximate surface area is 116 Å². The molecule has 0 N–H and O–H groups in total. The molecule has 0 saturated heterocycles. The number of ether oxygens (including phenoxy) is 1. The Morgan fingerprint density at radius 2 is 2.32 bits per heavy atom.